The van der Waals surface area contributed by atoms with Gasteiger partial charge in [-0.15, -0.1) is 12.4 Å². The van der Waals surface area contributed by atoms with Gasteiger partial charge in [-0.1, -0.05) is 12.1 Å². The standard InChI is InChI=1S/C18H19BrN2O.ClH/c1-11-5-7-15(16(19)9-11)18(22)21-17-4-2-3-12-10-13(20)6-8-14(12)17;/h5-10,17H,2-4,20H2,1H3,(H,21,22);1H. The molecule has 3 N–H and O–H groups in total. The molecule has 122 valence electrons. The van der Waals surface area contributed by atoms with Crippen LogP contribution in [0.3, 0.4) is 0 Å². The SMILES string of the molecule is Cc1ccc(C(=O)NC2CCCc3cc(N)ccc32)c(Br)c1.Cl. The summed E-state index contributed by atoms with van der Waals surface area (Å²) in [6.45, 7) is 2.01. The van der Waals surface area contributed by atoms with Crippen molar-refractivity contribution in [3.63, 3.8) is 0 Å². The van der Waals surface area contributed by atoms with E-state index >= 15 is 0 Å². The van der Waals surface area contributed by atoms with Gasteiger partial charge in [0, 0.05) is 10.2 Å². The lowest BCUT2D eigenvalue weighted by Crippen LogP contribution is -2.31. The topological polar surface area (TPSA) is 55.1 Å². The van der Waals surface area contributed by atoms with Gasteiger partial charge < -0.3 is 11.1 Å². The number of aryl methyl sites for hydroxylation is 2. The fourth-order valence-electron chi connectivity index (χ4n) is 3.02. The van der Waals surface area contributed by atoms with E-state index in [2.05, 4.69) is 21.2 Å². The van der Waals surface area contributed by atoms with E-state index in [1.54, 1.807) is 0 Å². The van der Waals surface area contributed by atoms with Gasteiger partial charge in [0.2, 0.25) is 0 Å². The minimum atomic E-state index is -0.0402. The van der Waals surface area contributed by atoms with Gasteiger partial charge in [0.05, 0.1) is 11.6 Å². The number of hydrogen-bond acceptors (Lipinski definition) is 2. The molecule has 0 saturated carbocycles. The van der Waals surface area contributed by atoms with Crippen molar-refractivity contribution < 1.29 is 4.79 Å². The van der Waals surface area contributed by atoms with Gasteiger partial charge in [-0.3, -0.25) is 4.79 Å². The molecular weight excluding hydrogens is 376 g/mol. The van der Waals surface area contributed by atoms with Crippen LogP contribution in [-0.2, 0) is 6.42 Å². The third-order valence-electron chi connectivity index (χ3n) is 4.16. The summed E-state index contributed by atoms with van der Waals surface area (Å²) in [5.41, 5.74) is 10.9. The summed E-state index contributed by atoms with van der Waals surface area (Å²) in [4.78, 5) is 12.6. The molecule has 23 heavy (non-hydrogen) atoms. The lowest BCUT2D eigenvalue weighted by atomic mass is 9.87. The average molecular weight is 396 g/mol. The average Bonchev–Trinajstić information content (AvgIpc) is 2.47. The number of halogens is 2. The molecule has 0 saturated heterocycles. The molecule has 1 aliphatic rings. The molecule has 3 nitrogen and oxygen atoms in total. The Morgan fingerprint density at radius 1 is 1.26 bits per heavy atom. The maximum atomic E-state index is 12.6. The molecule has 0 heterocycles. The van der Waals surface area contributed by atoms with Gasteiger partial charge in [-0.25, -0.2) is 0 Å². The lowest BCUT2D eigenvalue weighted by molar-refractivity contribution is 0.0932. The number of anilines is 1. The minimum absolute atomic E-state index is 0. The van der Waals surface area contributed by atoms with Gasteiger partial charge >= 0.3 is 0 Å². The second-order valence-corrected chi connectivity index (χ2v) is 6.71. The minimum Gasteiger partial charge on any atom is -0.399 e. The number of nitrogens with two attached hydrogens (primary N) is 1. The Kier molecular flexibility index (Phi) is 5.71. The number of carbonyl (C=O) groups excluding carboxylic acids is 1. The van der Waals surface area contributed by atoms with Gasteiger partial charge in [0.15, 0.2) is 0 Å². The van der Waals surface area contributed by atoms with Crippen molar-refractivity contribution in [1.29, 1.82) is 0 Å². The molecule has 0 aromatic heterocycles. The first-order valence-electron chi connectivity index (χ1n) is 7.50. The van der Waals surface area contributed by atoms with Gasteiger partial charge in [0.25, 0.3) is 5.91 Å². The van der Waals surface area contributed by atoms with Crippen molar-refractivity contribution in [3.8, 4) is 0 Å². The number of carbonyl (C=O) groups is 1. The second kappa shape index (κ2) is 7.37. The quantitative estimate of drug-likeness (QED) is 0.732. The fourth-order valence-corrected chi connectivity index (χ4v) is 3.70. The first kappa shape index (κ1) is 17.8. The Balaban J connectivity index is 0.00000192. The van der Waals surface area contributed by atoms with Crippen LogP contribution in [0.5, 0.6) is 0 Å². The van der Waals surface area contributed by atoms with E-state index in [1.165, 1.54) is 11.1 Å². The maximum absolute atomic E-state index is 12.6. The molecule has 0 radical (unpaired) electrons. The van der Waals surface area contributed by atoms with Gasteiger partial charge in [-0.05, 0) is 83.1 Å². The molecule has 1 atom stereocenters. The van der Waals surface area contributed by atoms with Gasteiger partial charge in [0.1, 0.15) is 0 Å². The van der Waals surface area contributed by atoms with E-state index in [-0.39, 0.29) is 24.4 Å². The zero-order chi connectivity index (χ0) is 15.7. The summed E-state index contributed by atoms with van der Waals surface area (Å²) in [6.07, 6.45) is 3.06. The van der Waals surface area contributed by atoms with E-state index in [4.69, 9.17) is 5.73 Å². The Morgan fingerprint density at radius 2 is 2.04 bits per heavy atom. The highest BCUT2D eigenvalue weighted by molar-refractivity contribution is 9.10. The highest BCUT2D eigenvalue weighted by Crippen LogP contribution is 2.31. The smallest absolute Gasteiger partial charge is 0.252 e. The van der Waals surface area contributed by atoms with Crippen LogP contribution in [0.25, 0.3) is 0 Å². The Labute approximate surface area is 151 Å². The highest BCUT2D eigenvalue weighted by Gasteiger charge is 2.23. The Morgan fingerprint density at radius 3 is 2.78 bits per heavy atom. The van der Waals surface area contributed by atoms with Crippen LogP contribution in [0.15, 0.2) is 40.9 Å². The predicted octanol–water partition coefficient (Wildman–Crippen LogP) is 4.57. The summed E-state index contributed by atoms with van der Waals surface area (Å²) in [7, 11) is 0. The molecule has 0 spiro atoms. The molecule has 2 aromatic rings. The molecule has 2 aromatic carbocycles. The molecular formula is C18H20BrClN2O. The van der Waals surface area contributed by atoms with E-state index in [0.717, 1.165) is 35.0 Å². The number of nitrogen functional groups attached to an aromatic ring is 1. The first-order chi connectivity index (χ1) is 10.5. The monoisotopic (exact) mass is 394 g/mol. The number of nitrogens with one attached hydrogen (secondary N) is 1. The number of fused-ring (bicyclic) bond motifs is 1. The van der Waals surface area contributed by atoms with Gasteiger partial charge in [-0.2, -0.15) is 0 Å². The number of amides is 1. The zero-order valence-corrected chi connectivity index (χ0v) is 15.3. The van der Waals surface area contributed by atoms with E-state index in [0.29, 0.717) is 5.56 Å². The zero-order valence-electron chi connectivity index (χ0n) is 12.9. The van der Waals surface area contributed by atoms with Crippen LogP contribution in [0, 0.1) is 6.92 Å². The number of rotatable bonds is 2. The van der Waals surface area contributed by atoms with Crippen molar-refractivity contribution in [1.82, 2.24) is 5.32 Å². The lowest BCUT2D eigenvalue weighted by Gasteiger charge is -2.27. The third kappa shape index (κ3) is 3.88. The Hall–Kier alpha value is -1.52. The number of benzene rings is 2. The fraction of sp³-hybridized carbons (Fsp3) is 0.278. The van der Waals surface area contributed by atoms with Crippen molar-refractivity contribution >= 4 is 39.9 Å². The maximum Gasteiger partial charge on any atom is 0.252 e. The van der Waals surface area contributed by atoms with Crippen LogP contribution in [0.1, 0.15) is 45.9 Å². The summed E-state index contributed by atoms with van der Waals surface area (Å²) in [5.74, 6) is -0.0402. The molecule has 0 aliphatic heterocycles. The van der Waals surface area contributed by atoms with Crippen molar-refractivity contribution in [2.24, 2.45) is 0 Å². The van der Waals surface area contributed by atoms with Crippen molar-refractivity contribution in [2.75, 3.05) is 5.73 Å². The van der Waals surface area contributed by atoms with E-state index < -0.39 is 0 Å². The molecule has 1 unspecified atom stereocenters. The van der Waals surface area contributed by atoms with Crippen LogP contribution < -0.4 is 11.1 Å². The second-order valence-electron chi connectivity index (χ2n) is 5.86. The first-order valence-corrected chi connectivity index (χ1v) is 8.29. The Bertz CT molecular complexity index is 733. The van der Waals surface area contributed by atoms with E-state index in [9.17, 15) is 4.79 Å². The molecule has 5 heteroatoms. The van der Waals surface area contributed by atoms with E-state index in [1.807, 2.05) is 43.3 Å². The summed E-state index contributed by atoms with van der Waals surface area (Å²) in [5, 5.41) is 3.16. The number of hydrogen-bond donors (Lipinski definition) is 2. The summed E-state index contributed by atoms with van der Waals surface area (Å²) in [6, 6.07) is 11.8. The van der Waals surface area contributed by atoms with Crippen molar-refractivity contribution in [2.45, 2.75) is 32.2 Å². The van der Waals surface area contributed by atoms with Crippen LogP contribution in [0.4, 0.5) is 5.69 Å². The van der Waals surface area contributed by atoms with Crippen molar-refractivity contribution in [3.05, 3.63) is 63.1 Å². The van der Waals surface area contributed by atoms with Crippen LogP contribution in [0.2, 0.25) is 0 Å². The molecule has 1 aliphatic carbocycles. The molecule has 0 fully saturated rings. The third-order valence-corrected chi connectivity index (χ3v) is 4.81. The largest absolute Gasteiger partial charge is 0.399 e. The summed E-state index contributed by atoms with van der Waals surface area (Å²) < 4.78 is 0.832. The molecule has 1 amide bonds. The van der Waals surface area contributed by atoms with Crippen LogP contribution in [-0.4, -0.2) is 5.91 Å². The van der Waals surface area contributed by atoms with Crippen LogP contribution >= 0.6 is 28.3 Å². The summed E-state index contributed by atoms with van der Waals surface area (Å²) >= 11 is 3.48. The predicted molar refractivity (Wildman–Crippen MR) is 100 cm³/mol. The normalized spacial score (nSPS) is 16.2. The molecule has 3 rings (SSSR count). The molecule has 0 bridgehead atoms. The highest BCUT2D eigenvalue weighted by atomic mass is 79.9.